The Balaban J connectivity index is 3.50. The van der Waals surface area contributed by atoms with Crippen molar-refractivity contribution in [3.8, 4) is 0 Å². The van der Waals surface area contributed by atoms with Gasteiger partial charge in [0, 0.05) is 0 Å². The fourth-order valence-corrected chi connectivity index (χ4v) is 0.688. The molecule has 0 radical (unpaired) electrons. The molecule has 0 bridgehead atoms. The van der Waals surface area contributed by atoms with Crippen LogP contribution in [0.2, 0.25) is 0 Å². The lowest BCUT2D eigenvalue weighted by atomic mass is 10.7. The molecule has 0 fully saturated rings. The lowest BCUT2D eigenvalue weighted by molar-refractivity contribution is -0.173. The molecule has 0 heterocycles. The van der Waals surface area contributed by atoms with Crippen molar-refractivity contribution in [3.63, 3.8) is 0 Å². The zero-order chi connectivity index (χ0) is 14.7. The van der Waals surface area contributed by atoms with Gasteiger partial charge in [0.1, 0.15) is 26.4 Å². The van der Waals surface area contributed by atoms with E-state index in [1.807, 2.05) is 0 Å². The summed E-state index contributed by atoms with van der Waals surface area (Å²) in [6.07, 6.45) is 0. The number of hydrogen-bond acceptors (Lipinski definition) is 8. The van der Waals surface area contributed by atoms with Gasteiger partial charge in [-0.3, -0.25) is 0 Å². The summed E-state index contributed by atoms with van der Waals surface area (Å²) in [6, 6.07) is 0. The average molecular weight is 280 g/mol. The highest BCUT2D eigenvalue weighted by Crippen LogP contribution is 1.86. The van der Waals surface area contributed by atoms with E-state index >= 15 is 0 Å². The fraction of sp³-hybridized carbons (Fsp3) is 0.556. The van der Waals surface area contributed by atoms with Crippen LogP contribution in [0.5, 0.6) is 0 Å². The molecule has 0 saturated heterocycles. The second-order valence-corrected chi connectivity index (χ2v) is 2.92. The largest absolute Gasteiger partial charge is 0.480 e. The highest BCUT2D eigenvalue weighted by molar-refractivity contribution is 5.73. The molecule has 0 rings (SSSR count). The molecule has 0 saturated carbocycles. The number of aliphatic carboxylic acids is 2. The van der Waals surface area contributed by atoms with Crippen molar-refractivity contribution in [1.29, 1.82) is 0 Å². The third-order valence-corrected chi connectivity index (χ3v) is 1.33. The van der Waals surface area contributed by atoms with Gasteiger partial charge in [-0.25, -0.2) is 19.2 Å². The number of carbonyl (C=O) groups is 4. The minimum Gasteiger partial charge on any atom is -0.480 e. The van der Waals surface area contributed by atoms with Crippen molar-refractivity contribution in [1.82, 2.24) is 0 Å². The van der Waals surface area contributed by atoms with Gasteiger partial charge in [-0.2, -0.15) is 0 Å². The molecule has 0 aliphatic carbocycles. The summed E-state index contributed by atoms with van der Waals surface area (Å²) in [5.74, 6) is -4.31. The first kappa shape index (κ1) is 16.8. The van der Waals surface area contributed by atoms with E-state index < -0.39 is 57.1 Å². The van der Waals surface area contributed by atoms with Gasteiger partial charge >= 0.3 is 23.9 Å². The Morgan fingerprint density at radius 3 is 1.37 bits per heavy atom. The van der Waals surface area contributed by atoms with Gasteiger partial charge in [0.05, 0.1) is 0 Å². The van der Waals surface area contributed by atoms with Crippen LogP contribution in [0.4, 0.5) is 0 Å². The Bertz CT molecular complexity index is 304. The molecule has 0 spiro atoms. The minimum atomic E-state index is -1.24. The highest BCUT2D eigenvalue weighted by Gasteiger charge is 2.08. The Morgan fingerprint density at radius 1 is 0.684 bits per heavy atom. The zero-order valence-corrected chi connectivity index (χ0v) is 9.70. The monoisotopic (exact) mass is 280 g/mol. The summed E-state index contributed by atoms with van der Waals surface area (Å²) in [5.41, 5.74) is 0. The van der Waals surface area contributed by atoms with Crippen molar-refractivity contribution in [2.45, 2.75) is 0 Å². The van der Waals surface area contributed by atoms with Gasteiger partial charge in [-0.1, -0.05) is 0 Å². The maximum absolute atomic E-state index is 10.9. The van der Waals surface area contributed by atoms with E-state index in [0.29, 0.717) is 0 Å². The second kappa shape index (κ2) is 9.79. The quantitative estimate of drug-likeness (QED) is 0.348. The standard InChI is InChI=1S/C9H12O10/c10-6(11)1-16-3-8(14)18-5-19-9(15)4-17-2-7(12)13/h1-5H2,(H,10,11)(H,12,13). The van der Waals surface area contributed by atoms with Gasteiger partial charge in [-0.05, 0) is 0 Å². The first-order chi connectivity index (χ1) is 8.91. The van der Waals surface area contributed by atoms with E-state index in [0.717, 1.165) is 0 Å². The summed E-state index contributed by atoms with van der Waals surface area (Å²) in [7, 11) is 0. The smallest absolute Gasteiger partial charge is 0.334 e. The van der Waals surface area contributed by atoms with Crippen LogP contribution in [0.15, 0.2) is 0 Å². The van der Waals surface area contributed by atoms with Crippen LogP contribution in [0.1, 0.15) is 0 Å². The van der Waals surface area contributed by atoms with Gasteiger partial charge in [0.15, 0.2) is 0 Å². The summed E-state index contributed by atoms with van der Waals surface area (Å²) >= 11 is 0. The van der Waals surface area contributed by atoms with E-state index in [1.54, 1.807) is 0 Å². The molecule has 0 aromatic heterocycles. The Labute approximate surface area is 106 Å². The lowest BCUT2D eigenvalue weighted by Gasteiger charge is -2.06. The topological polar surface area (TPSA) is 146 Å². The van der Waals surface area contributed by atoms with Crippen molar-refractivity contribution < 1.29 is 48.3 Å². The maximum atomic E-state index is 10.9. The van der Waals surface area contributed by atoms with Crippen LogP contribution in [0, 0.1) is 0 Å². The van der Waals surface area contributed by atoms with Gasteiger partial charge in [0.2, 0.25) is 6.79 Å². The van der Waals surface area contributed by atoms with Crippen molar-refractivity contribution in [2.24, 2.45) is 0 Å². The number of carboxylic acid groups (broad SMARTS) is 2. The molecule has 108 valence electrons. The minimum absolute atomic E-state index is 0.598. The number of carbonyl (C=O) groups excluding carboxylic acids is 2. The summed E-state index contributed by atoms with van der Waals surface area (Å²) < 4.78 is 17.5. The van der Waals surface area contributed by atoms with E-state index in [2.05, 4.69) is 18.9 Å². The summed E-state index contributed by atoms with van der Waals surface area (Å²) in [4.78, 5) is 41.8. The number of hydrogen-bond donors (Lipinski definition) is 2. The second-order valence-electron chi connectivity index (χ2n) is 2.92. The molecule has 10 nitrogen and oxygen atoms in total. The van der Waals surface area contributed by atoms with Gasteiger partial charge in [-0.15, -0.1) is 0 Å². The first-order valence-corrected chi connectivity index (χ1v) is 4.82. The van der Waals surface area contributed by atoms with Gasteiger partial charge < -0.3 is 29.2 Å². The van der Waals surface area contributed by atoms with E-state index in [-0.39, 0.29) is 0 Å². The molecule has 10 heteroatoms. The predicted octanol–water partition coefficient (Wildman–Crippen LogP) is -1.77. The molecule has 0 aromatic rings. The summed E-state index contributed by atoms with van der Waals surface area (Å²) in [6.45, 7) is -3.21. The number of rotatable bonds is 10. The number of esters is 2. The number of ether oxygens (including phenoxy) is 4. The van der Waals surface area contributed by atoms with Crippen molar-refractivity contribution in [2.75, 3.05) is 33.2 Å². The van der Waals surface area contributed by atoms with Crippen LogP contribution in [0.25, 0.3) is 0 Å². The van der Waals surface area contributed by atoms with Crippen molar-refractivity contribution >= 4 is 23.9 Å². The van der Waals surface area contributed by atoms with E-state index in [1.165, 1.54) is 0 Å². The molecular weight excluding hydrogens is 268 g/mol. The van der Waals surface area contributed by atoms with E-state index in [4.69, 9.17) is 10.2 Å². The third kappa shape index (κ3) is 12.1. The van der Waals surface area contributed by atoms with Crippen LogP contribution >= 0.6 is 0 Å². The normalized spacial score (nSPS) is 9.68. The van der Waals surface area contributed by atoms with Crippen LogP contribution in [-0.2, 0) is 38.1 Å². The number of carboxylic acids is 2. The fourth-order valence-electron chi connectivity index (χ4n) is 0.688. The summed E-state index contributed by atoms with van der Waals surface area (Å²) in [5, 5.41) is 16.4. The van der Waals surface area contributed by atoms with Crippen molar-refractivity contribution in [3.05, 3.63) is 0 Å². The van der Waals surface area contributed by atoms with Crippen LogP contribution in [-0.4, -0.2) is 67.3 Å². The Kier molecular flexibility index (Phi) is 8.66. The molecule has 2 N–H and O–H groups in total. The maximum Gasteiger partial charge on any atom is 0.334 e. The molecule has 0 aromatic carbocycles. The molecule has 0 atom stereocenters. The average Bonchev–Trinajstić information content (AvgIpc) is 2.27. The zero-order valence-electron chi connectivity index (χ0n) is 9.70. The SMILES string of the molecule is O=C(O)COCC(=O)OCOC(=O)COCC(=O)O. The van der Waals surface area contributed by atoms with Crippen LogP contribution < -0.4 is 0 Å². The third-order valence-electron chi connectivity index (χ3n) is 1.33. The predicted molar refractivity (Wildman–Crippen MR) is 54.0 cm³/mol. The Hall–Kier alpha value is -2.20. The molecule has 0 aliphatic rings. The van der Waals surface area contributed by atoms with Gasteiger partial charge in [0.25, 0.3) is 0 Å². The van der Waals surface area contributed by atoms with E-state index in [9.17, 15) is 19.2 Å². The molecule has 0 amide bonds. The first-order valence-electron chi connectivity index (χ1n) is 4.82. The molecule has 19 heavy (non-hydrogen) atoms. The highest BCUT2D eigenvalue weighted by atomic mass is 16.7. The Morgan fingerprint density at radius 2 is 1.05 bits per heavy atom. The molecule has 0 aliphatic heterocycles. The lowest BCUT2D eigenvalue weighted by Crippen LogP contribution is -2.21. The van der Waals surface area contributed by atoms with Crippen LogP contribution in [0.3, 0.4) is 0 Å². The molecule has 0 unspecified atom stereocenters. The molecular formula is C9H12O10.